The number of nitriles is 1. The van der Waals surface area contributed by atoms with Crippen LogP contribution in [0, 0.1) is 17.4 Å². The molecule has 5 rings (SSSR count). The average molecular weight is 512 g/mol. The maximum atomic E-state index is 12.8. The number of fused-ring (bicyclic) bond motifs is 1. The third-order valence-corrected chi connectivity index (χ3v) is 7.33. The number of piperidine rings is 1. The summed E-state index contributed by atoms with van der Waals surface area (Å²) in [5.74, 6) is 1.51. The molecule has 1 unspecified atom stereocenters. The molecular weight excluding hydrogens is 478 g/mol. The van der Waals surface area contributed by atoms with Crippen LogP contribution in [0.1, 0.15) is 43.6 Å². The molecule has 1 aromatic carbocycles. The molecule has 2 aliphatic heterocycles. The molecular formula is C28H33N9O. The summed E-state index contributed by atoms with van der Waals surface area (Å²) in [6.45, 7) is 7.93. The fourth-order valence-electron chi connectivity index (χ4n) is 5.25. The molecule has 2 aliphatic rings. The Bertz CT molecular complexity index is 1340. The largest absolute Gasteiger partial charge is 0.351 e. The fraction of sp³-hybridized carbons (Fsp3) is 0.429. The number of benzene rings is 1. The third-order valence-electron chi connectivity index (χ3n) is 7.33. The Labute approximate surface area is 223 Å². The van der Waals surface area contributed by atoms with Gasteiger partial charge in [-0.25, -0.2) is 9.97 Å². The highest BCUT2D eigenvalue weighted by molar-refractivity contribution is 6.02. The van der Waals surface area contributed by atoms with E-state index in [2.05, 4.69) is 48.9 Å². The minimum atomic E-state index is -0.0410. The van der Waals surface area contributed by atoms with E-state index in [1.807, 2.05) is 41.4 Å². The number of aliphatic imine (C=N–C) groups is 1. The Balaban J connectivity index is 1.32. The van der Waals surface area contributed by atoms with Crippen LogP contribution in [-0.4, -0.2) is 75.4 Å². The minimum absolute atomic E-state index is 0.0410. The lowest BCUT2D eigenvalue weighted by atomic mass is 9.99. The predicted molar refractivity (Wildman–Crippen MR) is 148 cm³/mol. The first-order valence-electron chi connectivity index (χ1n) is 13.3. The van der Waals surface area contributed by atoms with Crippen molar-refractivity contribution >= 4 is 34.3 Å². The number of carbonyl (C=O) groups is 1. The van der Waals surface area contributed by atoms with E-state index in [1.54, 1.807) is 18.6 Å². The summed E-state index contributed by atoms with van der Waals surface area (Å²) in [4.78, 5) is 36.7. The maximum absolute atomic E-state index is 12.8. The highest BCUT2D eigenvalue weighted by Gasteiger charge is 2.33. The van der Waals surface area contributed by atoms with Gasteiger partial charge in [0.1, 0.15) is 11.5 Å². The van der Waals surface area contributed by atoms with Gasteiger partial charge in [0.15, 0.2) is 0 Å². The van der Waals surface area contributed by atoms with Crippen LogP contribution in [0.15, 0.2) is 53.9 Å². The van der Waals surface area contributed by atoms with Gasteiger partial charge in [0, 0.05) is 44.3 Å². The summed E-state index contributed by atoms with van der Waals surface area (Å²) >= 11 is 0. The van der Waals surface area contributed by atoms with Crippen LogP contribution in [0.4, 0.5) is 11.5 Å². The Morgan fingerprint density at radius 3 is 2.63 bits per heavy atom. The quantitative estimate of drug-likeness (QED) is 0.320. The van der Waals surface area contributed by atoms with Gasteiger partial charge in [0.05, 0.1) is 29.6 Å². The first kappa shape index (κ1) is 25.4. The molecule has 4 heterocycles. The molecule has 3 aromatic rings. The smallest absolute Gasteiger partial charge is 0.274 e. The van der Waals surface area contributed by atoms with Crippen LogP contribution in [0.3, 0.4) is 0 Å². The first-order chi connectivity index (χ1) is 18.5. The van der Waals surface area contributed by atoms with Gasteiger partial charge < -0.3 is 20.0 Å². The minimum Gasteiger partial charge on any atom is -0.351 e. The number of nitrogens with one attached hydrogen (secondary N) is 1. The van der Waals surface area contributed by atoms with Crippen LogP contribution in [-0.2, 0) is 0 Å². The topological polar surface area (TPSA) is 114 Å². The summed E-state index contributed by atoms with van der Waals surface area (Å²) in [5.41, 5.74) is 2.13. The molecule has 0 spiro atoms. The summed E-state index contributed by atoms with van der Waals surface area (Å²) in [7, 11) is 0. The second-order valence-electron chi connectivity index (χ2n) is 10.1. The van der Waals surface area contributed by atoms with Crippen LogP contribution < -0.4 is 10.2 Å². The summed E-state index contributed by atoms with van der Waals surface area (Å²) in [6.07, 6.45) is 10.3. The van der Waals surface area contributed by atoms with E-state index < -0.39 is 0 Å². The van der Waals surface area contributed by atoms with Gasteiger partial charge >= 0.3 is 0 Å². The van der Waals surface area contributed by atoms with Crippen molar-refractivity contribution in [2.45, 2.75) is 39.2 Å². The molecule has 0 radical (unpaired) electrons. The zero-order chi connectivity index (χ0) is 26.5. The van der Waals surface area contributed by atoms with Gasteiger partial charge in [-0.2, -0.15) is 5.26 Å². The normalized spacial score (nSPS) is 18.5. The molecule has 1 N–H and O–H groups in total. The molecule has 1 atom stereocenters. The Morgan fingerprint density at radius 1 is 1.05 bits per heavy atom. The van der Waals surface area contributed by atoms with Crippen molar-refractivity contribution < 1.29 is 4.79 Å². The maximum Gasteiger partial charge on any atom is 0.274 e. The van der Waals surface area contributed by atoms with Crippen molar-refractivity contribution in [3.63, 3.8) is 0 Å². The molecule has 0 bridgehead atoms. The SMILES string of the molecule is CC(C)C1CN(c2cnc(C(=O)N3CCCCC3)cn2)CCN1/C(=N\C#N)Nc1cccc2ncccc12. The van der Waals surface area contributed by atoms with Gasteiger partial charge in [0.25, 0.3) is 5.91 Å². The third kappa shape index (κ3) is 5.37. The fourth-order valence-corrected chi connectivity index (χ4v) is 5.25. The lowest BCUT2D eigenvalue weighted by molar-refractivity contribution is 0.0718. The number of nitrogens with zero attached hydrogens (tertiary/aromatic N) is 8. The van der Waals surface area contributed by atoms with E-state index in [0.29, 0.717) is 31.3 Å². The van der Waals surface area contributed by atoms with Crippen molar-refractivity contribution in [1.29, 1.82) is 5.26 Å². The van der Waals surface area contributed by atoms with Gasteiger partial charge in [-0.3, -0.25) is 9.78 Å². The number of piperazine rings is 1. The molecule has 10 heteroatoms. The van der Waals surface area contributed by atoms with E-state index in [9.17, 15) is 10.1 Å². The monoisotopic (exact) mass is 511 g/mol. The molecule has 196 valence electrons. The van der Waals surface area contributed by atoms with E-state index >= 15 is 0 Å². The number of hydrogen-bond acceptors (Lipinski definition) is 7. The average Bonchev–Trinajstić information content (AvgIpc) is 2.97. The number of aromatic nitrogens is 3. The Kier molecular flexibility index (Phi) is 7.63. The van der Waals surface area contributed by atoms with Gasteiger partial charge in [-0.1, -0.05) is 19.9 Å². The van der Waals surface area contributed by atoms with Gasteiger partial charge in [-0.15, -0.1) is 4.99 Å². The lowest BCUT2D eigenvalue weighted by Gasteiger charge is -2.44. The second kappa shape index (κ2) is 11.4. The molecule has 38 heavy (non-hydrogen) atoms. The van der Waals surface area contributed by atoms with E-state index in [-0.39, 0.29) is 17.9 Å². The number of pyridine rings is 1. The lowest BCUT2D eigenvalue weighted by Crippen LogP contribution is -2.58. The zero-order valence-electron chi connectivity index (χ0n) is 21.9. The van der Waals surface area contributed by atoms with Crippen molar-refractivity contribution in [2.24, 2.45) is 10.9 Å². The van der Waals surface area contributed by atoms with Gasteiger partial charge in [-0.05, 0) is 49.4 Å². The van der Waals surface area contributed by atoms with Gasteiger partial charge in [0.2, 0.25) is 12.2 Å². The number of hydrogen-bond donors (Lipinski definition) is 1. The number of amides is 1. The van der Waals surface area contributed by atoms with Crippen LogP contribution in [0.25, 0.3) is 10.9 Å². The highest BCUT2D eigenvalue weighted by atomic mass is 16.2. The number of rotatable bonds is 4. The van der Waals surface area contributed by atoms with Crippen molar-refractivity contribution in [3.8, 4) is 6.19 Å². The number of likely N-dealkylation sites (tertiary alicyclic amines) is 1. The van der Waals surface area contributed by atoms with Crippen molar-refractivity contribution in [3.05, 3.63) is 54.6 Å². The summed E-state index contributed by atoms with van der Waals surface area (Å²) in [5, 5.41) is 13.9. The first-order valence-corrected chi connectivity index (χ1v) is 13.3. The van der Waals surface area contributed by atoms with Crippen LogP contribution >= 0.6 is 0 Å². The Morgan fingerprint density at radius 2 is 1.89 bits per heavy atom. The van der Waals surface area contributed by atoms with Crippen LogP contribution in [0.5, 0.6) is 0 Å². The molecule has 10 nitrogen and oxygen atoms in total. The van der Waals surface area contributed by atoms with Crippen molar-refractivity contribution in [1.82, 2.24) is 24.8 Å². The molecule has 0 aliphatic carbocycles. The van der Waals surface area contributed by atoms with E-state index in [1.165, 1.54) is 6.42 Å². The molecule has 2 aromatic heterocycles. The standard InChI is InChI=1S/C28H33N9O/c1-20(2)25-18-36(26-17-31-24(16-32-26)27(38)35-12-4-3-5-13-35)14-15-37(25)28(33-19-29)34-23-10-6-9-22-21(23)8-7-11-30-22/h6-11,16-17,20,25H,3-5,12-15,18H2,1-2H3,(H,33,34). The molecule has 0 saturated carbocycles. The number of anilines is 2. The highest BCUT2D eigenvalue weighted by Crippen LogP contribution is 2.25. The molecule has 2 fully saturated rings. The Hall–Kier alpha value is -4.26. The summed E-state index contributed by atoms with van der Waals surface area (Å²) in [6, 6.07) is 9.86. The number of guanidine groups is 1. The predicted octanol–water partition coefficient (Wildman–Crippen LogP) is 3.75. The van der Waals surface area contributed by atoms with E-state index in [4.69, 9.17) is 0 Å². The second-order valence-corrected chi connectivity index (χ2v) is 10.1. The number of carbonyl (C=O) groups excluding carboxylic acids is 1. The van der Waals surface area contributed by atoms with Crippen LogP contribution in [0.2, 0.25) is 0 Å². The summed E-state index contributed by atoms with van der Waals surface area (Å²) < 4.78 is 0. The van der Waals surface area contributed by atoms with E-state index in [0.717, 1.165) is 48.3 Å². The molecule has 2 saturated heterocycles. The molecule has 1 amide bonds. The zero-order valence-corrected chi connectivity index (χ0v) is 21.9. The van der Waals surface area contributed by atoms with Crippen molar-refractivity contribution in [2.75, 3.05) is 42.9 Å².